The minimum absolute atomic E-state index is 0.0574. The van der Waals surface area contributed by atoms with Crippen LogP contribution in [0.25, 0.3) is 0 Å². The predicted octanol–water partition coefficient (Wildman–Crippen LogP) is 9.80. The Hall–Kier alpha value is -0.125. The Kier molecular flexibility index (Phi) is 13.6. The Morgan fingerprint density at radius 1 is 0.413 bits per heavy atom. The van der Waals surface area contributed by atoms with E-state index in [9.17, 15) is 10.2 Å². The normalized spacial score (nSPS) is 40.3. The summed E-state index contributed by atoms with van der Waals surface area (Å²) in [6.07, 6.45) is 5.58. The predicted molar refractivity (Wildman–Crippen MR) is 253 cm³/mol. The minimum Gasteiger partial charge on any atom is -0.494 e. The summed E-state index contributed by atoms with van der Waals surface area (Å²) >= 11 is 0. The van der Waals surface area contributed by atoms with Gasteiger partial charge in [0.25, 0.3) is 0 Å². The fraction of sp³-hybridized carbons (Fsp3) is 0.850. The highest BCUT2D eigenvalue weighted by Crippen LogP contribution is 2.58. The summed E-state index contributed by atoms with van der Waals surface area (Å²) in [7, 11) is -32.3. The van der Waals surface area contributed by atoms with E-state index in [0.717, 1.165) is 17.5 Å². The second kappa shape index (κ2) is 17.4. The molecule has 6 saturated heterocycles. The van der Waals surface area contributed by atoms with Crippen LogP contribution in [0.4, 0.5) is 0 Å². The van der Waals surface area contributed by atoms with Gasteiger partial charge in [-0.05, 0) is 54.3 Å². The molecule has 0 radical (unpaired) electrons. The van der Waals surface area contributed by atoms with E-state index in [1.165, 1.54) is 0 Å². The van der Waals surface area contributed by atoms with Gasteiger partial charge in [-0.15, -0.1) is 0 Å². The van der Waals surface area contributed by atoms with Crippen molar-refractivity contribution in [3.63, 3.8) is 0 Å². The Labute approximate surface area is 385 Å². The molecule has 0 spiro atoms. The largest absolute Gasteiger partial charge is 0.494 e. The molecule has 1 aromatic heterocycles. The lowest BCUT2D eigenvalue weighted by Gasteiger charge is -2.64. The first-order valence-corrected chi connectivity index (χ1v) is 39.5. The maximum Gasteiger partial charge on any atom is 0.479 e. The summed E-state index contributed by atoms with van der Waals surface area (Å²) < 4.78 is 95.8. The molecule has 63 heavy (non-hydrogen) atoms. The van der Waals surface area contributed by atoms with Crippen LogP contribution in [0.5, 0.6) is 11.8 Å². The molecule has 0 aromatic carbocycles. The molecular weight excluding hydrogens is 943 g/mol. The molecule has 2 unspecified atom stereocenters. The van der Waals surface area contributed by atoms with Crippen molar-refractivity contribution in [2.45, 2.75) is 177 Å². The van der Waals surface area contributed by atoms with Crippen LogP contribution in [0, 0.1) is 41.4 Å². The molecule has 6 fully saturated rings. The molecule has 23 heteroatoms. The third-order valence-corrected chi connectivity index (χ3v) is 52.4. The highest BCUT2D eigenvalue weighted by atomic mass is 28.6. The van der Waals surface area contributed by atoms with Gasteiger partial charge in [0.05, 0.1) is 0 Å². The van der Waals surface area contributed by atoms with Crippen molar-refractivity contribution >= 4 is 70.4 Å². The van der Waals surface area contributed by atoms with E-state index in [-0.39, 0.29) is 71.1 Å². The van der Waals surface area contributed by atoms with Gasteiger partial charge in [0.2, 0.25) is 0 Å². The molecule has 6 aliphatic heterocycles. The van der Waals surface area contributed by atoms with E-state index in [4.69, 9.17) is 49.4 Å². The Morgan fingerprint density at radius 2 is 0.635 bits per heavy atom. The van der Waals surface area contributed by atoms with Crippen LogP contribution in [-0.4, -0.2) is 85.2 Å². The van der Waals surface area contributed by atoms with Crippen molar-refractivity contribution in [2.24, 2.45) is 41.4 Å². The van der Waals surface area contributed by atoms with Crippen LogP contribution in [-0.2, 0) is 55.9 Å². The lowest BCUT2D eigenvalue weighted by atomic mass is 10.0. The second-order valence-corrected chi connectivity index (χ2v) is 46.5. The van der Waals surface area contributed by atoms with Crippen molar-refractivity contribution in [1.29, 1.82) is 0 Å². The van der Waals surface area contributed by atoms with Crippen molar-refractivity contribution in [3.05, 3.63) is 23.3 Å². The van der Waals surface area contributed by atoms with Crippen LogP contribution in [0.3, 0.4) is 0 Å². The van der Waals surface area contributed by atoms with E-state index < -0.39 is 70.4 Å². The number of rotatable bonds is 18. The molecule has 0 amide bonds. The van der Waals surface area contributed by atoms with E-state index >= 15 is 0 Å². The lowest BCUT2D eigenvalue weighted by Crippen LogP contribution is -2.88. The fourth-order valence-corrected chi connectivity index (χ4v) is 62.6. The number of aromatic hydroxyl groups is 2. The third kappa shape index (κ3) is 9.74. The average Bonchev–Trinajstić information content (AvgIpc) is 3.72. The topological polar surface area (TPSA) is 156 Å². The average molecular weight is 1020 g/mol. The summed E-state index contributed by atoms with van der Waals surface area (Å²) in [6.45, 7) is 30.4. The van der Waals surface area contributed by atoms with Crippen molar-refractivity contribution in [1.82, 2.24) is 4.57 Å². The van der Waals surface area contributed by atoms with Gasteiger partial charge in [-0.2, -0.15) is 0 Å². The van der Waals surface area contributed by atoms with Gasteiger partial charge in [0.15, 0.2) is 11.8 Å². The van der Waals surface area contributed by atoms with Gasteiger partial charge >= 0.3 is 70.4 Å². The molecule has 15 nitrogen and oxygen atoms in total. The van der Waals surface area contributed by atoms with Gasteiger partial charge < -0.3 is 59.6 Å². The maximum absolute atomic E-state index is 11.6. The van der Waals surface area contributed by atoms with Gasteiger partial charge in [0.1, 0.15) is 0 Å². The molecule has 9 rings (SSSR count). The van der Waals surface area contributed by atoms with Crippen LogP contribution < -0.4 is 0 Å². The SMILES string of the molecule is CC(C)C[Si]12O[Si]3(CCCn4c(O)c5c(c4O)C4C=CC5C4)O[Si]4(CC(C)C)O[Si](CC(C)C)(O1)O[Si]1(CC(C)C)O[Si](CC(C)C)(O2)O[Si](CC(C)C)(O3)O[Si](CC(C)C)(O4)O1. The maximum atomic E-state index is 11.6. The molecule has 7 heterocycles. The molecule has 358 valence electrons. The second-order valence-electron chi connectivity index (χ2n) is 22.4. The summed E-state index contributed by atoms with van der Waals surface area (Å²) in [4.78, 5) is 0. The van der Waals surface area contributed by atoms with Crippen LogP contribution in [0.2, 0.25) is 48.4 Å². The van der Waals surface area contributed by atoms with E-state index in [0.29, 0.717) is 55.3 Å². The van der Waals surface area contributed by atoms with Crippen LogP contribution in [0.1, 0.15) is 133 Å². The Balaban J connectivity index is 1.38. The minimum atomic E-state index is -4.18. The van der Waals surface area contributed by atoms with E-state index in [1.807, 2.05) is 0 Å². The highest BCUT2D eigenvalue weighted by molar-refractivity contribution is 7.03. The zero-order valence-corrected chi connectivity index (χ0v) is 48.4. The number of nitrogens with zero attached hydrogens (tertiary/aromatic N) is 1. The zero-order valence-electron chi connectivity index (χ0n) is 40.4. The number of aromatic nitrogens is 1. The Morgan fingerprint density at radius 3 is 0.857 bits per heavy atom. The van der Waals surface area contributed by atoms with E-state index in [1.54, 1.807) is 4.57 Å². The summed E-state index contributed by atoms with van der Waals surface area (Å²) in [5, 5.41) is 23.3. The monoisotopic (exact) mass is 1020 g/mol. The van der Waals surface area contributed by atoms with Gasteiger partial charge in [0, 0.05) is 77.9 Å². The number of hydrogen-bond donors (Lipinski definition) is 2. The van der Waals surface area contributed by atoms with Gasteiger partial charge in [-0.1, -0.05) is 109 Å². The van der Waals surface area contributed by atoms with Gasteiger partial charge in [-0.25, -0.2) is 0 Å². The van der Waals surface area contributed by atoms with Crippen molar-refractivity contribution in [2.75, 3.05) is 0 Å². The molecule has 1 aromatic rings. The number of allylic oxidation sites excluding steroid dienone is 2. The first-order chi connectivity index (χ1) is 29.3. The third-order valence-electron chi connectivity index (χ3n) is 12.3. The smallest absolute Gasteiger partial charge is 0.479 e. The van der Waals surface area contributed by atoms with Gasteiger partial charge in [-0.3, -0.25) is 4.57 Å². The molecular formula is C40H77NO14Si8. The van der Waals surface area contributed by atoms with Crippen molar-refractivity contribution < 1.29 is 59.6 Å². The first kappa shape index (κ1) is 49.3. The number of hydrogen-bond acceptors (Lipinski definition) is 14. The zero-order chi connectivity index (χ0) is 45.8. The summed E-state index contributed by atoms with van der Waals surface area (Å²) in [5.41, 5.74) is 1.66. The summed E-state index contributed by atoms with van der Waals surface area (Å²) in [6, 6.07) is 3.31. The first-order valence-electron chi connectivity index (χ1n) is 24.0. The van der Waals surface area contributed by atoms with Crippen LogP contribution >= 0.6 is 0 Å². The number of fused-ring (bicyclic) bond motifs is 5. The molecule has 2 aliphatic carbocycles. The fourth-order valence-electron chi connectivity index (χ4n) is 11.0. The molecule has 2 N–H and O–H groups in total. The van der Waals surface area contributed by atoms with Crippen LogP contribution in [0.15, 0.2) is 12.2 Å². The highest BCUT2D eigenvalue weighted by Gasteiger charge is 2.83. The Bertz CT molecular complexity index is 1700. The molecule has 10 bridgehead atoms. The van der Waals surface area contributed by atoms with E-state index in [2.05, 4.69) is 109 Å². The van der Waals surface area contributed by atoms with Crippen molar-refractivity contribution in [3.8, 4) is 11.8 Å². The summed E-state index contributed by atoms with van der Waals surface area (Å²) in [5.74, 6) is 0.951. The molecule has 0 saturated carbocycles. The standard InChI is InChI=1S/C40H77NO14Si8/c1-28(2)21-57-44-56(19-15-18-41-39(42)37-35-16-17-36(20-35)38(37)40(41)43)45-58(22-29(3)4)49-60(47-57,24-31(7)8)53-63(27-34(13)14)54-61(48-57,25-32(9)10)50-59(46-56,23-30(5)6)52-62(51-58,55-63)26-33(11)12/h16-17,28-36,42-43H,15,18-27H2,1-14H3. The quantitative estimate of drug-likeness (QED) is 0.106. The molecule has 2 atom stereocenters. The molecule has 8 aliphatic rings. The lowest BCUT2D eigenvalue weighted by molar-refractivity contribution is -0.0342.